The average Bonchev–Trinajstić information content (AvgIpc) is 3.21. The van der Waals surface area contributed by atoms with Crippen molar-refractivity contribution in [3.05, 3.63) is 17.2 Å². The van der Waals surface area contributed by atoms with Crippen LogP contribution in [0.2, 0.25) is 5.02 Å². The minimum atomic E-state index is -0.119. The normalized spacial score (nSPS) is 14.1. The Morgan fingerprint density at radius 3 is 2.58 bits per heavy atom. The summed E-state index contributed by atoms with van der Waals surface area (Å²) in [6.07, 6.45) is 2.29. The number of benzene rings is 1. The van der Waals surface area contributed by atoms with E-state index in [0.717, 1.165) is 12.8 Å². The van der Waals surface area contributed by atoms with Gasteiger partial charge in [0.15, 0.2) is 0 Å². The summed E-state index contributed by atoms with van der Waals surface area (Å²) in [6, 6.07) is 3.76. The monoisotopic (exact) mass is 284 g/mol. The first-order valence-electron chi connectivity index (χ1n) is 6.08. The molecule has 0 unspecified atom stereocenters. The Labute approximate surface area is 117 Å². The van der Waals surface area contributed by atoms with E-state index in [1.807, 2.05) is 0 Å². The third-order valence-corrected chi connectivity index (χ3v) is 3.17. The maximum atomic E-state index is 11.8. The van der Waals surface area contributed by atoms with E-state index in [-0.39, 0.29) is 12.5 Å². The molecule has 0 heterocycles. The lowest BCUT2D eigenvalue weighted by Gasteiger charge is -2.13. The summed E-state index contributed by atoms with van der Waals surface area (Å²) in [5.41, 5.74) is 0.538. The van der Waals surface area contributed by atoms with Crippen LogP contribution in [0.3, 0.4) is 0 Å². The Bertz CT molecular complexity index is 475. The van der Waals surface area contributed by atoms with E-state index in [2.05, 4.69) is 10.6 Å². The molecule has 0 aliphatic heterocycles. The van der Waals surface area contributed by atoms with Crippen LogP contribution in [0.1, 0.15) is 12.8 Å². The van der Waals surface area contributed by atoms with E-state index < -0.39 is 0 Å². The molecule has 19 heavy (non-hydrogen) atoms. The molecule has 0 spiro atoms. The number of nitrogens with one attached hydrogen (secondary N) is 2. The molecule has 2 rings (SSSR count). The van der Waals surface area contributed by atoms with Gasteiger partial charge in [-0.15, -0.1) is 0 Å². The zero-order valence-electron chi connectivity index (χ0n) is 11.0. The molecule has 104 valence electrons. The van der Waals surface area contributed by atoms with E-state index in [1.54, 1.807) is 12.1 Å². The molecular formula is C13H17ClN2O3. The SMILES string of the molecule is COc1cc(OC)c(NC(=O)CNC2CC2)cc1Cl. The van der Waals surface area contributed by atoms with Gasteiger partial charge in [-0.1, -0.05) is 11.6 Å². The van der Waals surface area contributed by atoms with Crippen molar-refractivity contribution < 1.29 is 14.3 Å². The van der Waals surface area contributed by atoms with Gasteiger partial charge in [0, 0.05) is 12.1 Å². The second-order valence-electron chi connectivity index (χ2n) is 4.39. The van der Waals surface area contributed by atoms with Gasteiger partial charge in [0.1, 0.15) is 11.5 Å². The number of carbonyl (C=O) groups excluding carboxylic acids is 1. The predicted octanol–water partition coefficient (Wildman–Crippen LogP) is 2.05. The zero-order valence-corrected chi connectivity index (χ0v) is 11.7. The minimum absolute atomic E-state index is 0.119. The molecule has 0 radical (unpaired) electrons. The predicted molar refractivity (Wildman–Crippen MR) is 74.2 cm³/mol. The Hall–Kier alpha value is -1.46. The fraction of sp³-hybridized carbons (Fsp3) is 0.462. The Kier molecular flexibility index (Phi) is 4.50. The summed E-state index contributed by atoms with van der Waals surface area (Å²) in [7, 11) is 3.05. The summed E-state index contributed by atoms with van der Waals surface area (Å²) in [6.45, 7) is 0.289. The summed E-state index contributed by atoms with van der Waals surface area (Å²) in [5.74, 6) is 0.903. The lowest BCUT2D eigenvalue weighted by Crippen LogP contribution is -2.29. The second kappa shape index (κ2) is 6.12. The Morgan fingerprint density at radius 2 is 2.00 bits per heavy atom. The van der Waals surface area contributed by atoms with Gasteiger partial charge in [-0.05, 0) is 18.9 Å². The number of carbonyl (C=O) groups is 1. The lowest BCUT2D eigenvalue weighted by molar-refractivity contribution is -0.115. The fourth-order valence-corrected chi connectivity index (χ4v) is 1.92. The van der Waals surface area contributed by atoms with E-state index in [4.69, 9.17) is 21.1 Å². The number of anilines is 1. The number of hydrogen-bond donors (Lipinski definition) is 2. The van der Waals surface area contributed by atoms with E-state index in [1.165, 1.54) is 14.2 Å². The third kappa shape index (κ3) is 3.75. The van der Waals surface area contributed by atoms with E-state index in [0.29, 0.717) is 28.3 Å². The van der Waals surface area contributed by atoms with E-state index in [9.17, 15) is 4.79 Å². The molecule has 0 atom stereocenters. The molecule has 2 N–H and O–H groups in total. The van der Waals surface area contributed by atoms with Crippen LogP contribution in [0.25, 0.3) is 0 Å². The fourth-order valence-electron chi connectivity index (χ4n) is 1.68. The molecule has 1 saturated carbocycles. The van der Waals surface area contributed by atoms with Crippen molar-refractivity contribution in [3.63, 3.8) is 0 Å². The highest BCUT2D eigenvalue weighted by atomic mass is 35.5. The molecule has 1 aromatic carbocycles. The minimum Gasteiger partial charge on any atom is -0.495 e. The molecule has 1 aliphatic carbocycles. The number of rotatable bonds is 6. The highest BCUT2D eigenvalue weighted by molar-refractivity contribution is 6.32. The van der Waals surface area contributed by atoms with Crippen molar-refractivity contribution in [2.24, 2.45) is 0 Å². The molecule has 1 aliphatic rings. The average molecular weight is 285 g/mol. The molecule has 0 saturated heterocycles. The first-order valence-corrected chi connectivity index (χ1v) is 6.46. The van der Waals surface area contributed by atoms with Crippen molar-refractivity contribution in [2.75, 3.05) is 26.1 Å². The van der Waals surface area contributed by atoms with Gasteiger partial charge >= 0.3 is 0 Å². The molecule has 0 aromatic heterocycles. The second-order valence-corrected chi connectivity index (χ2v) is 4.80. The quantitative estimate of drug-likeness (QED) is 0.839. The molecule has 5 nitrogen and oxygen atoms in total. The van der Waals surface area contributed by atoms with Gasteiger partial charge in [0.25, 0.3) is 0 Å². The van der Waals surface area contributed by atoms with Crippen molar-refractivity contribution >= 4 is 23.2 Å². The number of hydrogen-bond acceptors (Lipinski definition) is 4. The molecule has 6 heteroatoms. The maximum Gasteiger partial charge on any atom is 0.238 e. The molecule has 1 aromatic rings. The number of methoxy groups -OCH3 is 2. The van der Waals surface area contributed by atoms with Crippen LogP contribution in [-0.4, -0.2) is 32.7 Å². The number of ether oxygens (including phenoxy) is 2. The summed E-state index contributed by atoms with van der Waals surface area (Å²) < 4.78 is 10.3. The van der Waals surface area contributed by atoms with Crippen LogP contribution in [0.15, 0.2) is 12.1 Å². The third-order valence-electron chi connectivity index (χ3n) is 2.88. The topological polar surface area (TPSA) is 59.6 Å². The van der Waals surface area contributed by atoms with Gasteiger partial charge in [-0.25, -0.2) is 0 Å². The highest BCUT2D eigenvalue weighted by Gasteiger charge is 2.21. The van der Waals surface area contributed by atoms with Gasteiger partial charge in [-0.3, -0.25) is 4.79 Å². The van der Waals surface area contributed by atoms with Gasteiger partial charge in [0.2, 0.25) is 5.91 Å². The standard InChI is InChI=1S/C13H17ClN2O3/c1-18-11-6-12(19-2)10(5-9(11)14)16-13(17)7-15-8-3-4-8/h5-6,8,15H,3-4,7H2,1-2H3,(H,16,17). The first-order chi connectivity index (χ1) is 9.13. The largest absolute Gasteiger partial charge is 0.495 e. The summed E-state index contributed by atoms with van der Waals surface area (Å²) in [4.78, 5) is 11.8. The summed E-state index contributed by atoms with van der Waals surface area (Å²) >= 11 is 6.03. The van der Waals surface area contributed by atoms with Crippen molar-refractivity contribution in [1.82, 2.24) is 5.32 Å². The maximum absolute atomic E-state index is 11.8. The molecule has 1 amide bonds. The van der Waals surface area contributed by atoms with Crippen LogP contribution >= 0.6 is 11.6 Å². The van der Waals surface area contributed by atoms with E-state index >= 15 is 0 Å². The number of halogens is 1. The van der Waals surface area contributed by atoms with Crippen molar-refractivity contribution in [1.29, 1.82) is 0 Å². The van der Waals surface area contributed by atoms with Gasteiger partial charge in [0.05, 0.1) is 31.5 Å². The van der Waals surface area contributed by atoms with Crippen LogP contribution in [0.4, 0.5) is 5.69 Å². The van der Waals surface area contributed by atoms with Crippen LogP contribution < -0.4 is 20.1 Å². The molecule has 1 fully saturated rings. The van der Waals surface area contributed by atoms with Crippen molar-refractivity contribution in [2.45, 2.75) is 18.9 Å². The smallest absolute Gasteiger partial charge is 0.238 e. The van der Waals surface area contributed by atoms with Gasteiger partial charge in [-0.2, -0.15) is 0 Å². The Morgan fingerprint density at radius 1 is 1.32 bits per heavy atom. The van der Waals surface area contributed by atoms with Crippen LogP contribution in [0.5, 0.6) is 11.5 Å². The van der Waals surface area contributed by atoms with Crippen molar-refractivity contribution in [3.8, 4) is 11.5 Å². The lowest BCUT2D eigenvalue weighted by atomic mass is 10.2. The zero-order chi connectivity index (χ0) is 13.8. The highest BCUT2D eigenvalue weighted by Crippen LogP contribution is 2.35. The van der Waals surface area contributed by atoms with Crippen LogP contribution in [0, 0.1) is 0 Å². The molecular weight excluding hydrogens is 268 g/mol. The number of amides is 1. The van der Waals surface area contributed by atoms with Crippen LogP contribution in [-0.2, 0) is 4.79 Å². The van der Waals surface area contributed by atoms with Gasteiger partial charge < -0.3 is 20.1 Å². The Balaban J connectivity index is 2.04. The molecule has 0 bridgehead atoms. The summed E-state index contributed by atoms with van der Waals surface area (Å²) in [5, 5.41) is 6.34. The first kappa shape index (κ1) is 14.0.